The summed E-state index contributed by atoms with van der Waals surface area (Å²) in [5, 5.41) is 1.93. The Labute approximate surface area is 138 Å². The molecule has 0 spiro atoms. The predicted octanol–water partition coefficient (Wildman–Crippen LogP) is 3.27. The number of hydrogen-bond donors (Lipinski definition) is 1. The van der Waals surface area contributed by atoms with Gasteiger partial charge in [-0.05, 0) is 0 Å². The van der Waals surface area contributed by atoms with Crippen LogP contribution >= 0.6 is 0 Å². The van der Waals surface area contributed by atoms with Gasteiger partial charge >= 0.3 is 138 Å². The molecule has 0 amide bonds. The number of sulfonamides is 1. The van der Waals surface area contributed by atoms with E-state index in [0.717, 1.165) is 30.0 Å². The Balaban J connectivity index is 2.41. The maximum absolute atomic E-state index is 12.6. The topological polar surface area (TPSA) is 46.2 Å². The van der Waals surface area contributed by atoms with E-state index in [1.165, 1.54) is 4.35 Å². The van der Waals surface area contributed by atoms with E-state index in [0.29, 0.717) is 11.4 Å². The molecule has 0 radical (unpaired) electrons. The Kier molecular flexibility index (Phi) is 6.08. The van der Waals surface area contributed by atoms with Crippen LogP contribution in [0.5, 0.6) is 0 Å². The second kappa shape index (κ2) is 7.63. The summed E-state index contributed by atoms with van der Waals surface area (Å²) in [4.78, 5) is 0.402. The van der Waals surface area contributed by atoms with Gasteiger partial charge in [0.25, 0.3) is 0 Å². The fourth-order valence-electron chi connectivity index (χ4n) is 2.55. The van der Waals surface area contributed by atoms with Gasteiger partial charge in [0.1, 0.15) is 0 Å². The van der Waals surface area contributed by atoms with Gasteiger partial charge in [-0.1, -0.05) is 0 Å². The predicted molar refractivity (Wildman–Crippen MR) is 95.8 cm³/mol. The van der Waals surface area contributed by atoms with Gasteiger partial charge in [0.2, 0.25) is 0 Å². The molecular weight excluding hydrogens is 357 g/mol. The number of unbranched alkanes of at least 4 members (excludes halogenated alkanes) is 2. The Morgan fingerprint density at radius 3 is 2.36 bits per heavy atom. The summed E-state index contributed by atoms with van der Waals surface area (Å²) in [5.41, 5.74) is 4.54. The number of hydrogen-bond acceptors (Lipinski definition) is 2. The van der Waals surface area contributed by atoms with Crippen LogP contribution in [0.3, 0.4) is 0 Å². The van der Waals surface area contributed by atoms with E-state index in [4.69, 9.17) is 0 Å². The Bertz CT molecular complexity index is 741. The maximum atomic E-state index is 12.6. The molecule has 2 aromatic rings. The molecule has 5 heteroatoms. The van der Waals surface area contributed by atoms with Crippen LogP contribution < -0.4 is 9.07 Å². The van der Waals surface area contributed by atoms with Crippen LogP contribution in [0.15, 0.2) is 41.3 Å². The first-order valence-electron chi connectivity index (χ1n) is 7.66. The SMILES string of the molecule is CCCCCNS(=O)(=O)c1cccc2c([As](C)C)cccc12. The first-order chi connectivity index (χ1) is 10.5. The third-order valence-electron chi connectivity index (χ3n) is 3.70. The summed E-state index contributed by atoms with van der Waals surface area (Å²) in [6, 6.07) is 11.6. The van der Waals surface area contributed by atoms with Gasteiger partial charge in [0.15, 0.2) is 0 Å². The van der Waals surface area contributed by atoms with Crippen LogP contribution in [0.4, 0.5) is 0 Å². The molecule has 0 fully saturated rings. The standard InChI is InChI=1S/C17H24AsNO2S/c1-4-5-6-13-19-22(20,21)17-12-8-9-14-15(17)10-7-11-16(14)18(2)3/h7-12,19H,4-6,13H2,1-3H3. The van der Waals surface area contributed by atoms with Crippen molar-refractivity contribution in [1.29, 1.82) is 0 Å². The molecule has 22 heavy (non-hydrogen) atoms. The summed E-state index contributed by atoms with van der Waals surface area (Å²) >= 11 is -1.07. The van der Waals surface area contributed by atoms with Crippen LogP contribution in [0.25, 0.3) is 10.8 Å². The van der Waals surface area contributed by atoms with Crippen molar-refractivity contribution in [2.75, 3.05) is 6.54 Å². The first kappa shape index (κ1) is 17.5. The molecule has 120 valence electrons. The van der Waals surface area contributed by atoms with Gasteiger partial charge in [0, 0.05) is 0 Å². The fourth-order valence-corrected chi connectivity index (χ4v) is 6.07. The molecule has 0 aliphatic carbocycles. The van der Waals surface area contributed by atoms with Crippen molar-refractivity contribution >= 4 is 39.8 Å². The quantitative estimate of drug-likeness (QED) is 0.591. The summed E-state index contributed by atoms with van der Waals surface area (Å²) in [5.74, 6) is 0. The third-order valence-corrected chi connectivity index (χ3v) is 8.06. The van der Waals surface area contributed by atoms with E-state index in [1.54, 1.807) is 6.07 Å². The minimum absolute atomic E-state index is 0.402. The van der Waals surface area contributed by atoms with Crippen LogP contribution in [0, 0.1) is 0 Å². The molecule has 0 aromatic heterocycles. The molecule has 0 bridgehead atoms. The number of nitrogens with one attached hydrogen (secondary N) is 1. The van der Waals surface area contributed by atoms with Crippen molar-refractivity contribution in [3.63, 3.8) is 0 Å². The average molecular weight is 381 g/mol. The minimum atomic E-state index is -3.44. The van der Waals surface area contributed by atoms with Crippen molar-refractivity contribution in [3.8, 4) is 0 Å². The number of benzene rings is 2. The van der Waals surface area contributed by atoms with Crippen molar-refractivity contribution in [2.45, 2.75) is 42.5 Å². The number of fused-ring (bicyclic) bond motifs is 1. The van der Waals surface area contributed by atoms with Gasteiger partial charge in [0.05, 0.1) is 0 Å². The Morgan fingerprint density at radius 2 is 1.68 bits per heavy atom. The van der Waals surface area contributed by atoms with E-state index in [9.17, 15) is 8.42 Å². The van der Waals surface area contributed by atoms with Crippen LogP contribution in [0.2, 0.25) is 11.4 Å². The molecule has 0 heterocycles. The third kappa shape index (κ3) is 3.92. The first-order valence-corrected chi connectivity index (χ1v) is 13.8. The molecule has 0 saturated carbocycles. The van der Waals surface area contributed by atoms with Crippen molar-refractivity contribution in [3.05, 3.63) is 36.4 Å². The van der Waals surface area contributed by atoms with Gasteiger partial charge in [-0.15, -0.1) is 0 Å². The molecule has 2 rings (SSSR count). The molecule has 2 aromatic carbocycles. The summed E-state index contributed by atoms with van der Waals surface area (Å²) < 4.78 is 29.2. The zero-order chi connectivity index (χ0) is 16.2. The second-order valence-electron chi connectivity index (χ2n) is 5.63. The average Bonchev–Trinajstić information content (AvgIpc) is 2.50. The Hall–Kier alpha value is -0.832. The molecule has 0 aliphatic heterocycles. The fraction of sp³-hybridized carbons (Fsp3) is 0.412. The molecule has 1 N–H and O–H groups in total. The zero-order valence-corrected chi connectivity index (χ0v) is 16.2. The van der Waals surface area contributed by atoms with Crippen LogP contribution in [0.1, 0.15) is 26.2 Å². The Morgan fingerprint density at radius 1 is 1.00 bits per heavy atom. The summed E-state index contributed by atoms with van der Waals surface area (Å²) in [6.45, 7) is 2.61. The monoisotopic (exact) mass is 381 g/mol. The van der Waals surface area contributed by atoms with Gasteiger partial charge in [-0.3, -0.25) is 0 Å². The molecule has 0 aliphatic rings. The van der Waals surface area contributed by atoms with Crippen LogP contribution in [-0.4, -0.2) is 29.6 Å². The summed E-state index contributed by atoms with van der Waals surface area (Å²) in [6.07, 6.45) is 3.00. The van der Waals surface area contributed by atoms with Gasteiger partial charge < -0.3 is 0 Å². The van der Waals surface area contributed by atoms with E-state index in [-0.39, 0.29) is 0 Å². The van der Waals surface area contributed by atoms with Crippen molar-refractivity contribution in [2.24, 2.45) is 0 Å². The summed E-state index contributed by atoms with van der Waals surface area (Å²) in [7, 11) is -3.44. The van der Waals surface area contributed by atoms with Crippen LogP contribution in [-0.2, 0) is 10.0 Å². The molecular formula is C17H24AsNO2S. The molecule has 0 atom stereocenters. The van der Waals surface area contributed by atoms with Gasteiger partial charge in [-0.25, -0.2) is 0 Å². The second-order valence-corrected chi connectivity index (χ2v) is 12.1. The molecule has 3 nitrogen and oxygen atoms in total. The van der Waals surface area contributed by atoms with E-state index >= 15 is 0 Å². The number of rotatable bonds is 7. The van der Waals surface area contributed by atoms with Crippen molar-refractivity contribution < 1.29 is 8.42 Å². The van der Waals surface area contributed by atoms with E-state index < -0.39 is 24.7 Å². The normalized spacial score (nSPS) is 12.2. The zero-order valence-electron chi connectivity index (χ0n) is 13.5. The molecule has 0 saturated heterocycles. The molecule has 0 unspecified atom stereocenters. The van der Waals surface area contributed by atoms with E-state index in [2.05, 4.69) is 29.1 Å². The van der Waals surface area contributed by atoms with Crippen molar-refractivity contribution in [1.82, 2.24) is 4.72 Å². The van der Waals surface area contributed by atoms with Gasteiger partial charge in [-0.2, -0.15) is 0 Å². The van der Waals surface area contributed by atoms with E-state index in [1.807, 2.05) is 24.3 Å².